The van der Waals surface area contributed by atoms with Crippen LogP contribution in [0.5, 0.6) is 11.5 Å². The van der Waals surface area contributed by atoms with Gasteiger partial charge in [-0.3, -0.25) is 9.59 Å². The number of halogens is 2. The lowest BCUT2D eigenvalue weighted by molar-refractivity contribution is 0.0455. The Bertz CT molecular complexity index is 3100. The Morgan fingerprint density at radius 2 is 1.01 bits per heavy atom. The van der Waals surface area contributed by atoms with E-state index in [2.05, 4.69) is 43.5 Å². The molecule has 8 aliphatic rings. The maximum absolute atomic E-state index is 13.3. The highest BCUT2D eigenvalue weighted by atomic mass is 35.5. The van der Waals surface area contributed by atoms with E-state index in [0.29, 0.717) is 88.2 Å². The fourth-order valence-electron chi connectivity index (χ4n) is 14.2. The van der Waals surface area contributed by atoms with Gasteiger partial charge in [0.05, 0.1) is 47.3 Å². The van der Waals surface area contributed by atoms with Crippen LogP contribution in [0.15, 0.2) is 97.1 Å². The lowest BCUT2D eigenvalue weighted by Gasteiger charge is -2.43. The number of anilines is 2. The average molecular weight is 1170 g/mol. The minimum absolute atomic E-state index is 0.139. The number of rotatable bonds is 2. The van der Waals surface area contributed by atoms with E-state index in [-0.39, 0.29) is 33.8 Å². The monoisotopic (exact) mass is 1170 g/mol. The van der Waals surface area contributed by atoms with Gasteiger partial charge in [0.25, 0.3) is 11.8 Å². The second-order valence-electron chi connectivity index (χ2n) is 23.9. The molecule has 0 saturated heterocycles. The number of benzene rings is 4. The molecule has 4 aliphatic heterocycles. The van der Waals surface area contributed by atoms with Gasteiger partial charge in [-0.15, -0.1) is 0 Å². The highest BCUT2D eigenvalue weighted by molar-refractivity contribution is 7.91. The van der Waals surface area contributed by atoms with Crippen LogP contribution < -0.4 is 28.7 Å². The fraction of sp³-hybridized carbons (Fsp3) is 0.516. The summed E-state index contributed by atoms with van der Waals surface area (Å²) in [5.74, 6) is 0.983. The maximum Gasteiger partial charge on any atom is 0.264 e. The second-order valence-corrected chi connectivity index (χ2v) is 28.7. The minimum atomic E-state index is -3.87. The molecule has 4 aromatic rings. The number of amides is 2. The van der Waals surface area contributed by atoms with Crippen molar-refractivity contribution in [2.75, 3.05) is 49.2 Å². The fourth-order valence-corrected chi connectivity index (χ4v) is 17.4. The van der Waals surface area contributed by atoms with Gasteiger partial charge in [-0.1, -0.05) is 73.5 Å². The molecule has 18 heteroatoms. The number of allylic oxidation sites excluding steroid dienone is 2. The average Bonchev–Trinajstić information content (AvgIpc) is 3.91. The number of sulfonamides is 2. The zero-order chi connectivity index (χ0) is 56.1. The van der Waals surface area contributed by atoms with E-state index in [1.54, 1.807) is 36.4 Å². The molecule has 4 heterocycles. The summed E-state index contributed by atoms with van der Waals surface area (Å²) < 4.78 is 70.0. The Kier molecular flexibility index (Phi) is 16.3. The summed E-state index contributed by atoms with van der Waals surface area (Å²) in [7, 11) is -7.74. The van der Waals surface area contributed by atoms with E-state index < -0.39 is 54.6 Å². The molecule has 80 heavy (non-hydrogen) atoms. The van der Waals surface area contributed by atoms with Crippen LogP contribution in [0.3, 0.4) is 0 Å². The summed E-state index contributed by atoms with van der Waals surface area (Å²) in [5, 5.41) is 22.1. The molecule has 428 valence electrons. The van der Waals surface area contributed by atoms with Crippen LogP contribution in [0.25, 0.3) is 0 Å². The van der Waals surface area contributed by atoms with Gasteiger partial charge in [-0.25, -0.2) is 26.3 Å². The van der Waals surface area contributed by atoms with Crippen LogP contribution in [-0.2, 0) is 43.7 Å². The zero-order valence-corrected chi connectivity index (χ0v) is 48.8. The van der Waals surface area contributed by atoms with Gasteiger partial charge in [-0.05, 0) is 196 Å². The number of fused-ring (bicyclic) bond motifs is 8. The number of aliphatic hydroxyl groups is 2. The highest BCUT2D eigenvalue weighted by Gasteiger charge is 2.48. The van der Waals surface area contributed by atoms with Gasteiger partial charge in [0, 0.05) is 58.2 Å². The van der Waals surface area contributed by atoms with E-state index in [1.165, 1.54) is 22.3 Å². The van der Waals surface area contributed by atoms with Crippen molar-refractivity contribution < 1.29 is 46.1 Å². The van der Waals surface area contributed by atoms with Crippen molar-refractivity contribution in [2.24, 2.45) is 23.7 Å². The third kappa shape index (κ3) is 11.3. The lowest BCUT2D eigenvalue weighted by atomic mass is 9.70. The van der Waals surface area contributed by atoms with Crippen LogP contribution in [0.1, 0.15) is 134 Å². The quantitative estimate of drug-likeness (QED) is 0.139. The van der Waals surface area contributed by atoms with Crippen molar-refractivity contribution in [1.29, 1.82) is 0 Å². The molecule has 4 bridgehead atoms. The molecule has 4 aromatic carbocycles. The zero-order valence-electron chi connectivity index (χ0n) is 45.6. The summed E-state index contributed by atoms with van der Waals surface area (Å²) in [5.41, 5.74) is 6.67. The molecule has 0 aromatic heterocycles. The van der Waals surface area contributed by atoms with Gasteiger partial charge < -0.3 is 29.5 Å². The standard InChI is InChI=1S/2C31H37ClN2O5S/c2*1-2-24-5-3-4-6-28(35)25-10-7-22(25)17-34-18-31(14-13-20-15-23(32)9-11-26(20)31)19-39-29-12-8-21(16-27(29)34)30(36)33-40(24,37)38/h2*4,6,8-9,11-12,15-16,22,24-25,28,35H,2-3,5,7,10,13-14,17-19H2,1H3,(H,33,36)/b2*6-4+/t22-,24+,25+,28-,31-;22-,24-,25+,28-,31-/m00/s1. The number of carbonyl (C=O) groups excluding carboxylic acids is 2. The van der Waals surface area contributed by atoms with E-state index >= 15 is 0 Å². The number of nitrogens with one attached hydrogen (secondary N) is 2. The van der Waals surface area contributed by atoms with Gasteiger partial charge in [-0.2, -0.15) is 0 Å². The third-order valence-electron chi connectivity index (χ3n) is 19.1. The number of carbonyl (C=O) groups is 2. The lowest BCUT2D eigenvalue weighted by Crippen LogP contribution is -2.47. The summed E-state index contributed by atoms with van der Waals surface area (Å²) in [6, 6.07) is 22.6. The number of hydrogen-bond acceptors (Lipinski definition) is 12. The number of aryl methyl sites for hydroxylation is 2. The van der Waals surface area contributed by atoms with Crippen LogP contribution in [0.4, 0.5) is 11.4 Å². The van der Waals surface area contributed by atoms with E-state index in [1.807, 2.05) is 50.3 Å². The molecule has 2 fully saturated rings. The van der Waals surface area contributed by atoms with Crippen LogP contribution >= 0.6 is 23.2 Å². The second kappa shape index (κ2) is 22.9. The number of aliphatic hydroxyl groups excluding tert-OH is 2. The number of hydrogen-bond donors (Lipinski definition) is 4. The summed E-state index contributed by atoms with van der Waals surface area (Å²) in [6.45, 7) is 7.47. The SMILES string of the molecule is CC[C@@H]1CC/C=C/[C@H](O)[C@@H]2CC[C@H]2CN2C[C@@]3(CCc4cc(Cl)ccc43)COc3ccc(cc32)C(=O)NS1(=O)=O.CC[C@H]1CC/C=C/[C@H](O)[C@@H]2CC[C@H]2CN2C[C@@]3(CCc4cc(Cl)ccc43)COc3ccc(cc32)C(=O)NS1(=O)=O. The topological polar surface area (TPSA) is 192 Å². The molecule has 10 atom stereocenters. The smallest absolute Gasteiger partial charge is 0.264 e. The van der Waals surface area contributed by atoms with Crippen molar-refractivity contribution in [3.05, 3.63) is 141 Å². The molecule has 0 unspecified atom stereocenters. The number of nitrogens with zero attached hydrogens (tertiary/aromatic N) is 2. The van der Waals surface area contributed by atoms with E-state index in [9.17, 15) is 36.6 Å². The van der Waals surface area contributed by atoms with Gasteiger partial charge in [0.1, 0.15) is 11.5 Å². The molecule has 4 N–H and O–H groups in total. The van der Waals surface area contributed by atoms with Gasteiger partial charge >= 0.3 is 0 Å². The summed E-state index contributed by atoms with van der Waals surface area (Å²) >= 11 is 12.7. The normalized spacial score (nSPS) is 32.2. The Morgan fingerprint density at radius 1 is 0.588 bits per heavy atom. The Balaban J connectivity index is 0.000000169. The molecule has 2 amide bonds. The molecule has 0 radical (unpaired) electrons. The predicted molar refractivity (Wildman–Crippen MR) is 313 cm³/mol. The Hall–Kier alpha value is -5.10. The predicted octanol–water partition coefficient (Wildman–Crippen LogP) is 10.00. The van der Waals surface area contributed by atoms with Crippen LogP contribution in [-0.4, -0.2) is 101 Å². The van der Waals surface area contributed by atoms with Crippen molar-refractivity contribution >= 4 is 66.4 Å². The molecule has 4 aliphatic carbocycles. The summed E-state index contributed by atoms with van der Waals surface area (Å²) in [4.78, 5) is 31.2. The summed E-state index contributed by atoms with van der Waals surface area (Å²) in [6.07, 6.45) is 16.6. The first-order chi connectivity index (χ1) is 38.4. The van der Waals surface area contributed by atoms with Crippen LogP contribution in [0.2, 0.25) is 10.0 Å². The van der Waals surface area contributed by atoms with E-state index in [0.717, 1.165) is 85.9 Å². The van der Waals surface area contributed by atoms with Crippen molar-refractivity contribution in [2.45, 2.75) is 137 Å². The maximum atomic E-state index is 13.3. The molecule has 12 rings (SSSR count). The van der Waals surface area contributed by atoms with Crippen molar-refractivity contribution in [3.8, 4) is 11.5 Å². The van der Waals surface area contributed by atoms with Gasteiger partial charge in [0.15, 0.2) is 0 Å². The van der Waals surface area contributed by atoms with Gasteiger partial charge in [0.2, 0.25) is 20.0 Å². The third-order valence-corrected chi connectivity index (χ3v) is 23.4. The molecule has 2 spiro atoms. The first-order valence-electron chi connectivity index (χ1n) is 28.8. The Labute approximate surface area is 481 Å². The molecular formula is C62H74Cl2N4O10S2. The van der Waals surface area contributed by atoms with Crippen LogP contribution in [0, 0.1) is 23.7 Å². The van der Waals surface area contributed by atoms with Crippen molar-refractivity contribution in [3.63, 3.8) is 0 Å². The first kappa shape index (κ1) is 56.7. The first-order valence-corrected chi connectivity index (χ1v) is 32.7. The minimum Gasteiger partial charge on any atom is -0.490 e. The number of ether oxygens (including phenoxy) is 2. The molecule has 14 nitrogen and oxygen atoms in total. The Morgan fingerprint density at radius 3 is 1.40 bits per heavy atom. The molecule has 2 saturated carbocycles. The largest absolute Gasteiger partial charge is 0.490 e. The van der Waals surface area contributed by atoms with E-state index in [4.69, 9.17) is 32.7 Å². The molecular weight excluding hydrogens is 1100 g/mol. The van der Waals surface area contributed by atoms with Crippen molar-refractivity contribution in [1.82, 2.24) is 9.44 Å². The highest BCUT2D eigenvalue weighted by Crippen LogP contribution is 2.50.